The molecule has 2 aromatic carbocycles. The molecule has 0 bridgehead atoms. The number of thiocarbonyl (C=S) groups is 1. The summed E-state index contributed by atoms with van der Waals surface area (Å²) in [7, 11) is 0. The van der Waals surface area contributed by atoms with Crippen LogP contribution in [0.2, 0.25) is 0 Å². The van der Waals surface area contributed by atoms with E-state index in [1.165, 1.54) is 0 Å². The molecule has 2 N–H and O–H groups in total. The van der Waals surface area contributed by atoms with Gasteiger partial charge in [0.2, 0.25) is 0 Å². The molecule has 1 aliphatic rings. The summed E-state index contributed by atoms with van der Waals surface area (Å²) in [6.45, 7) is -0.434. The number of amides is 2. The molecule has 10 heteroatoms. The van der Waals surface area contributed by atoms with Crippen molar-refractivity contribution < 1.29 is 24.2 Å². The van der Waals surface area contributed by atoms with Crippen molar-refractivity contribution in [3.8, 4) is 5.75 Å². The van der Waals surface area contributed by atoms with Gasteiger partial charge in [-0.15, -0.1) is 0 Å². The molecule has 1 fully saturated rings. The maximum atomic E-state index is 12.6. The number of carbonyl (C=O) groups is 3. The monoisotopic (exact) mass is 492 g/mol. The summed E-state index contributed by atoms with van der Waals surface area (Å²) in [4.78, 5) is 35.9. The van der Waals surface area contributed by atoms with E-state index >= 15 is 0 Å². The molecular weight excluding hydrogens is 480 g/mol. The SMILES string of the molecule is O=C(O)COc1ccc(/C=C2/SC(=S)N(NC(=O)c3ccc(Br)cc3)C2=O)cc1. The number of aliphatic carboxylic acids is 1. The number of hydrazine groups is 1. The van der Waals surface area contributed by atoms with E-state index in [2.05, 4.69) is 21.4 Å². The number of carbonyl (C=O) groups excluding carboxylic acids is 2. The summed E-state index contributed by atoms with van der Waals surface area (Å²) < 4.78 is 6.12. The number of nitrogens with one attached hydrogen (secondary N) is 1. The van der Waals surface area contributed by atoms with Gasteiger partial charge in [-0.3, -0.25) is 15.0 Å². The summed E-state index contributed by atoms with van der Waals surface area (Å²) in [5.41, 5.74) is 3.61. The molecule has 1 heterocycles. The molecule has 2 aromatic rings. The van der Waals surface area contributed by atoms with Crippen molar-refractivity contribution in [1.29, 1.82) is 0 Å². The van der Waals surface area contributed by atoms with Crippen LogP contribution >= 0.6 is 39.9 Å². The highest BCUT2D eigenvalue weighted by Gasteiger charge is 2.33. The zero-order chi connectivity index (χ0) is 21.0. The zero-order valence-corrected chi connectivity index (χ0v) is 17.8. The van der Waals surface area contributed by atoms with Crippen molar-refractivity contribution in [2.45, 2.75) is 0 Å². The zero-order valence-electron chi connectivity index (χ0n) is 14.6. The lowest BCUT2D eigenvalue weighted by atomic mass is 10.2. The first-order valence-electron chi connectivity index (χ1n) is 8.12. The first-order valence-corrected chi connectivity index (χ1v) is 10.1. The molecular formula is C19H13BrN2O5S2. The molecule has 1 saturated heterocycles. The Kier molecular flexibility index (Phi) is 6.68. The average molecular weight is 493 g/mol. The van der Waals surface area contributed by atoms with Crippen LogP contribution in [0, 0.1) is 0 Å². The number of carboxylic acids is 1. The van der Waals surface area contributed by atoms with E-state index in [0.717, 1.165) is 21.2 Å². The fourth-order valence-corrected chi connectivity index (χ4v) is 3.73. The van der Waals surface area contributed by atoms with Gasteiger partial charge in [-0.2, -0.15) is 5.01 Å². The van der Waals surface area contributed by atoms with E-state index in [-0.39, 0.29) is 4.32 Å². The van der Waals surface area contributed by atoms with Gasteiger partial charge in [0.1, 0.15) is 5.75 Å². The van der Waals surface area contributed by atoms with Gasteiger partial charge in [0.05, 0.1) is 4.91 Å². The van der Waals surface area contributed by atoms with E-state index in [1.54, 1.807) is 54.6 Å². The Morgan fingerprint density at radius 1 is 1.17 bits per heavy atom. The molecule has 2 amide bonds. The minimum Gasteiger partial charge on any atom is -0.482 e. The van der Waals surface area contributed by atoms with Crippen LogP contribution in [0.1, 0.15) is 15.9 Å². The van der Waals surface area contributed by atoms with Crippen molar-refractivity contribution in [3.05, 3.63) is 69.0 Å². The van der Waals surface area contributed by atoms with Crippen LogP contribution in [0.3, 0.4) is 0 Å². The molecule has 0 atom stereocenters. The summed E-state index contributed by atoms with van der Waals surface area (Å²) >= 11 is 9.58. The van der Waals surface area contributed by atoms with Crippen LogP contribution in [0.25, 0.3) is 6.08 Å². The highest BCUT2D eigenvalue weighted by molar-refractivity contribution is 9.10. The molecule has 0 unspecified atom stereocenters. The van der Waals surface area contributed by atoms with Gasteiger partial charge in [-0.25, -0.2) is 4.79 Å². The van der Waals surface area contributed by atoms with E-state index < -0.39 is 24.4 Å². The first kappa shape index (κ1) is 21.0. The molecule has 1 aliphatic heterocycles. The van der Waals surface area contributed by atoms with Crippen molar-refractivity contribution >= 4 is 68.1 Å². The topological polar surface area (TPSA) is 95.9 Å². The second kappa shape index (κ2) is 9.21. The number of rotatable bonds is 6. The number of thioether (sulfide) groups is 1. The molecule has 3 rings (SSSR count). The third kappa shape index (κ3) is 5.43. The lowest BCUT2D eigenvalue weighted by Gasteiger charge is -2.15. The standard InChI is InChI=1S/C19H13BrN2O5S2/c20-13-5-3-12(4-6-13)17(25)21-22-18(26)15(29-19(22)28)9-11-1-7-14(8-2-11)27-10-16(23)24/h1-9H,10H2,(H,21,25)(H,23,24)/b15-9+. The summed E-state index contributed by atoms with van der Waals surface area (Å²) in [6.07, 6.45) is 1.63. The second-order valence-corrected chi connectivity index (χ2v) is 8.31. The first-order chi connectivity index (χ1) is 13.8. The quantitative estimate of drug-likeness (QED) is 0.470. The molecule has 0 radical (unpaired) electrons. The maximum absolute atomic E-state index is 12.6. The third-order valence-electron chi connectivity index (χ3n) is 3.65. The van der Waals surface area contributed by atoms with Crippen molar-refractivity contribution in [1.82, 2.24) is 10.4 Å². The van der Waals surface area contributed by atoms with Crippen molar-refractivity contribution in [2.75, 3.05) is 6.61 Å². The number of benzene rings is 2. The highest BCUT2D eigenvalue weighted by Crippen LogP contribution is 2.31. The molecule has 0 spiro atoms. The van der Waals surface area contributed by atoms with Gasteiger partial charge in [-0.1, -0.05) is 39.8 Å². The van der Waals surface area contributed by atoms with Crippen molar-refractivity contribution in [3.63, 3.8) is 0 Å². The van der Waals surface area contributed by atoms with Crippen LogP contribution in [0.15, 0.2) is 57.9 Å². The summed E-state index contributed by atoms with van der Waals surface area (Å²) in [5, 5.41) is 9.66. The molecule has 0 aromatic heterocycles. The van der Waals surface area contributed by atoms with Gasteiger partial charge < -0.3 is 9.84 Å². The molecule has 29 heavy (non-hydrogen) atoms. The van der Waals surface area contributed by atoms with Gasteiger partial charge in [0, 0.05) is 10.0 Å². The molecule has 0 aliphatic carbocycles. The fourth-order valence-electron chi connectivity index (χ4n) is 2.29. The Morgan fingerprint density at radius 2 is 1.83 bits per heavy atom. The van der Waals surface area contributed by atoms with Crippen LogP contribution in [-0.4, -0.2) is 38.8 Å². The largest absolute Gasteiger partial charge is 0.482 e. The number of hydrogen-bond acceptors (Lipinski definition) is 6. The van der Waals surface area contributed by atoms with Crippen LogP contribution in [0.4, 0.5) is 0 Å². The number of nitrogens with zero attached hydrogens (tertiary/aromatic N) is 1. The van der Waals surface area contributed by atoms with E-state index in [0.29, 0.717) is 21.8 Å². The molecule has 148 valence electrons. The Bertz CT molecular complexity index is 1010. The van der Waals surface area contributed by atoms with E-state index in [4.69, 9.17) is 22.1 Å². The summed E-state index contributed by atoms with van der Waals surface area (Å²) in [5.74, 6) is -1.55. The summed E-state index contributed by atoms with van der Waals surface area (Å²) in [6, 6.07) is 13.3. The maximum Gasteiger partial charge on any atom is 0.341 e. The Morgan fingerprint density at radius 3 is 2.45 bits per heavy atom. The Labute approximate surface area is 183 Å². The van der Waals surface area contributed by atoms with E-state index in [1.807, 2.05) is 0 Å². The normalized spacial score (nSPS) is 14.9. The fraction of sp³-hybridized carbons (Fsp3) is 0.0526. The lowest BCUT2D eigenvalue weighted by Crippen LogP contribution is -2.44. The number of carboxylic acid groups (broad SMARTS) is 1. The van der Waals surface area contributed by atoms with Crippen molar-refractivity contribution in [2.24, 2.45) is 0 Å². The van der Waals surface area contributed by atoms with Crippen LogP contribution in [-0.2, 0) is 9.59 Å². The Balaban J connectivity index is 1.68. The average Bonchev–Trinajstić information content (AvgIpc) is 2.95. The molecule has 0 saturated carbocycles. The predicted molar refractivity (Wildman–Crippen MR) is 116 cm³/mol. The van der Waals surface area contributed by atoms with Gasteiger partial charge >= 0.3 is 5.97 Å². The number of halogens is 1. The third-order valence-corrected chi connectivity index (χ3v) is 5.48. The minimum absolute atomic E-state index is 0.216. The number of hydrogen-bond donors (Lipinski definition) is 2. The van der Waals surface area contributed by atoms with E-state index in [9.17, 15) is 14.4 Å². The smallest absolute Gasteiger partial charge is 0.341 e. The van der Waals surface area contributed by atoms with Crippen LogP contribution in [0.5, 0.6) is 5.75 Å². The Hall–Kier alpha value is -2.69. The van der Waals surface area contributed by atoms with Gasteiger partial charge in [0.15, 0.2) is 10.9 Å². The second-order valence-electron chi connectivity index (χ2n) is 5.72. The molecule has 7 nitrogen and oxygen atoms in total. The lowest BCUT2D eigenvalue weighted by molar-refractivity contribution is -0.139. The van der Waals surface area contributed by atoms with Crippen LogP contribution < -0.4 is 10.2 Å². The number of ether oxygens (including phenoxy) is 1. The highest BCUT2D eigenvalue weighted by atomic mass is 79.9. The minimum atomic E-state index is -1.07. The predicted octanol–water partition coefficient (Wildman–Crippen LogP) is 3.46. The van der Waals surface area contributed by atoms with Gasteiger partial charge in [0.25, 0.3) is 11.8 Å². The van der Waals surface area contributed by atoms with Gasteiger partial charge in [-0.05, 0) is 60.3 Å².